The second-order valence-electron chi connectivity index (χ2n) is 7.43. The lowest BCUT2D eigenvalue weighted by atomic mass is 9.96. The van der Waals surface area contributed by atoms with Gasteiger partial charge in [-0.3, -0.25) is 0 Å². The molecule has 1 aromatic heterocycles. The largest absolute Gasteiger partial charge is 0.244 e. The van der Waals surface area contributed by atoms with Crippen molar-refractivity contribution in [2.75, 3.05) is 20.0 Å². The summed E-state index contributed by atoms with van der Waals surface area (Å²) in [6, 6.07) is 8.90. The number of hydrogen-bond acceptors (Lipinski definition) is 2. The number of aromatic nitrogens is 1. The lowest BCUT2D eigenvalue weighted by Crippen LogP contribution is -2.07. The average molecular weight is 306 g/mol. The zero-order valence-corrected chi connectivity index (χ0v) is 15.1. The van der Waals surface area contributed by atoms with Gasteiger partial charge in [0.25, 0.3) is 0 Å². The summed E-state index contributed by atoms with van der Waals surface area (Å²) in [5.41, 5.74) is 2.89. The first-order valence-electron chi connectivity index (χ1n) is 7.01. The van der Waals surface area contributed by atoms with Crippen LogP contribution >= 0.6 is 18.6 Å². The summed E-state index contributed by atoms with van der Waals surface area (Å²) in [6.07, 6.45) is 3.24. The smallest absolute Gasteiger partial charge is 0.123 e. The second-order valence-corrected chi connectivity index (χ2v) is 13.4. The summed E-state index contributed by atoms with van der Waals surface area (Å²) < 4.78 is 0. The quantitative estimate of drug-likeness (QED) is 0.681. The van der Waals surface area contributed by atoms with Crippen LogP contribution in [0.5, 0.6) is 0 Å². The lowest BCUT2D eigenvalue weighted by molar-refractivity contribution is 0.602. The maximum Gasteiger partial charge on any atom is 0.123 e. The molecule has 0 saturated carbocycles. The molecule has 1 heterocycles. The van der Waals surface area contributed by atoms with Gasteiger partial charge in [0.2, 0.25) is 0 Å². The maximum absolute atomic E-state index is 4.62. The molecule has 0 bridgehead atoms. The highest BCUT2D eigenvalue weighted by Gasteiger charge is 2.20. The summed E-state index contributed by atoms with van der Waals surface area (Å²) in [5.74, 6) is 0. The van der Waals surface area contributed by atoms with Crippen LogP contribution in [0.2, 0.25) is 0 Å². The van der Waals surface area contributed by atoms with Crippen LogP contribution in [0.25, 0.3) is 10.6 Å². The Morgan fingerprint density at radius 1 is 1.15 bits per heavy atom. The van der Waals surface area contributed by atoms with Crippen LogP contribution in [0, 0.1) is 0 Å². The highest BCUT2D eigenvalue weighted by Crippen LogP contribution is 2.50. The van der Waals surface area contributed by atoms with E-state index in [2.05, 4.69) is 70.0 Å². The van der Waals surface area contributed by atoms with Crippen molar-refractivity contribution in [2.45, 2.75) is 32.3 Å². The van der Waals surface area contributed by atoms with Crippen molar-refractivity contribution < 1.29 is 0 Å². The van der Waals surface area contributed by atoms with Crippen LogP contribution < -0.4 is 0 Å². The van der Waals surface area contributed by atoms with E-state index in [1.54, 1.807) is 0 Å². The van der Waals surface area contributed by atoms with Crippen molar-refractivity contribution >= 4 is 18.6 Å². The molecular weight excluding hydrogens is 281 g/mol. The molecule has 3 heteroatoms. The topological polar surface area (TPSA) is 12.9 Å². The Labute approximate surface area is 127 Å². The molecule has 0 unspecified atom stereocenters. The third kappa shape index (κ3) is 4.14. The Morgan fingerprint density at radius 2 is 1.85 bits per heavy atom. The first-order chi connectivity index (χ1) is 9.15. The summed E-state index contributed by atoms with van der Waals surface area (Å²) >= 11 is 1.82. The molecule has 0 spiro atoms. The van der Waals surface area contributed by atoms with Crippen molar-refractivity contribution in [2.24, 2.45) is 0 Å². The Balaban J connectivity index is 2.29. The first kappa shape index (κ1) is 15.7. The van der Waals surface area contributed by atoms with E-state index in [1.807, 2.05) is 17.5 Å². The Morgan fingerprint density at radius 3 is 2.40 bits per heavy atom. The summed E-state index contributed by atoms with van der Waals surface area (Å²) in [4.78, 5) is 5.97. The molecule has 20 heavy (non-hydrogen) atoms. The van der Waals surface area contributed by atoms with Gasteiger partial charge >= 0.3 is 0 Å². The number of rotatable bonds is 3. The molecule has 0 aliphatic carbocycles. The monoisotopic (exact) mass is 306 g/mol. The minimum absolute atomic E-state index is 0.185. The summed E-state index contributed by atoms with van der Waals surface area (Å²) in [5, 5.41) is 1.14. The van der Waals surface area contributed by atoms with E-state index in [0.29, 0.717) is 0 Å². The SMILES string of the molecule is CC(C)(C)c1cnc(-c2cccc(C[P+](C)(C)C)c2)s1. The van der Waals surface area contributed by atoms with Crippen molar-refractivity contribution in [3.8, 4) is 10.6 Å². The van der Waals surface area contributed by atoms with Gasteiger partial charge in [-0.2, -0.15) is 0 Å². The fraction of sp³-hybridized carbons (Fsp3) is 0.471. The minimum atomic E-state index is -0.787. The van der Waals surface area contributed by atoms with E-state index in [0.717, 1.165) is 5.01 Å². The molecule has 1 nitrogen and oxygen atoms in total. The van der Waals surface area contributed by atoms with Gasteiger partial charge in [0.15, 0.2) is 0 Å². The lowest BCUT2D eigenvalue weighted by Gasteiger charge is -2.14. The van der Waals surface area contributed by atoms with Gasteiger partial charge in [-0.25, -0.2) is 4.98 Å². The van der Waals surface area contributed by atoms with Gasteiger partial charge < -0.3 is 0 Å². The van der Waals surface area contributed by atoms with E-state index < -0.39 is 7.26 Å². The van der Waals surface area contributed by atoms with Crippen LogP contribution in [0.4, 0.5) is 0 Å². The molecule has 0 atom stereocenters. The van der Waals surface area contributed by atoms with Crippen LogP contribution in [0.3, 0.4) is 0 Å². The molecule has 0 saturated heterocycles. The highest BCUT2D eigenvalue weighted by atomic mass is 32.1. The van der Waals surface area contributed by atoms with Crippen LogP contribution in [0.15, 0.2) is 30.5 Å². The molecule has 2 aromatic rings. The zero-order valence-electron chi connectivity index (χ0n) is 13.4. The van der Waals surface area contributed by atoms with E-state index in [1.165, 1.54) is 22.2 Å². The fourth-order valence-corrected chi connectivity index (χ4v) is 4.37. The summed E-state index contributed by atoms with van der Waals surface area (Å²) in [6.45, 7) is 13.9. The van der Waals surface area contributed by atoms with Gasteiger partial charge in [0.05, 0.1) is 6.16 Å². The van der Waals surface area contributed by atoms with Crippen LogP contribution in [0.1, 0.15) is 31.2 Å². The molecule has 108 valence electrons. The van der Waals surface area contributed by atoms with E-state index >= 15 is 0 Å². The van der Waals surface area contributed by atoms with Crippen molar-refractivity contribution in [1.29, 1.82) is 0 Å². The van der Waals surface area contributed by atoms with Crippen molar-refractivity contribution in [1.82, 2.24) is 4.98 Å². The Kier molecular flexibility index (Phi) is 4.37. The molecule has 0 fully saturated rings. The third-order valence-electron chi connectivity index (χ3n) is 3.08. The molecule has 0 aliphatic rings. The standard InChI is InChI=1S/C17H25NPS/c1-17(2,3)15-11-18-16(20-15)14-9-7-8-13(10-14)12-19(4,5)6/h7-11H,12H2,1-6H3/q+1. The molecule has 1 aromatic carbocycles. The van der Waals surface area contributed by atoms with Gasteiger partial charge in [-0.15, -0.1) is 11.3 Å². The molecule has 2 rings (SSSR count). The number of thiazole rings is 1. The van der Waals surface area contributed by atoms with Crippen LogP contribution in [-0.2, 0) is 11.6 Å². The van der Waals surface area contributed by atoms with E-state index in [4.69, 9.17) is 0 Å². The van der Waals surface area contributed by atoms with Gasteiger partial charge in [-0.1, -0.05) is 39.0 Å². The van der Waals surface area contributed by atoms with Crippen molar-refractivity contribution in [3.63, 3.8) is 0 Å². The Bertz CT molecular complexity index is 588. The maximum atomic E-state index is 4.62. The minimum Gasteiger partial charge on any atom is -0.244 e. The highest BCUT2D eigenvalue weighted by molar-refractivity contribution is 7.72. The average Bonchev–Trinajstić information content (AvgIpc) is 2.75. The number of hydrogen-bond donors (Lipinski definition) is 0. The van der Waals surface area contributed by atoms with Crippen molar-refractivity contribution in [3.05, 3.63) is 40.9 Å². The second kappa shape index (κ2) is 5.58. The van der Waals surface area contributed by atoms with Gasteiger partial charge in [0.1, 0.15) is 5.01 Å². The predicted octanol–water partition coefficient (Wildman–Crippen LogP) is 5.51. The first-order valence-corrected chi connectivity index (χ1v) is 11.1. The zero-order chi connectivity index (χ0) is 15.0. The normalized spacial score (nSPS) is 12.7. The Hall–Kier alpha value is -0.720. The van der Waals surface area contributed by atoms with Crippen LogP contribution in [-0.4, -0.2) is 25.0 Å². The van der Waals surface area contributed by atoms with Gasteiger partial charge in [-0.05, 0) is 17.0 Å². The summed E-state index contributed by atoms with van der Waals surface area (Å²) in [7, 11) is -0.787. The number of nitrogens with zero attached hydrogens (tertiary/aromatic N) is 1. The fourth-order valence-electron chi connectivity index (χ4n) is 2.10. The van der Waals surface area contributed by atoms with Gasteiger partial charge in [0, 0.05) is 43.9 Å². The molecule has 0 aliphatic heterocycles. The predicted molar refractivity (Wildman–Crippen MR) is 94.6 cm³/mol. The third-order valence-corrected chi connectivity index (χ3v) is 5.86. The van der Waals surface area contributed by atoms with E-state index in [-0.39, 0.29) is 5.41 Å². The van der Waals surface area contributed by atoms with E-state index in [9.17, 15) is 0 Å². The molecule has 0 amide bonds. The molecular formula is C17H25NPS+. The number of benzene rings is 1. The molecule has 0 N–H and O–H groups in total. The molecule has 0 radical (unpaired) electrons.